The molecule has 2 rings (SSSR count). The predicted molar refractivity (Wildman–Crippen MR) is 86.1 cm³/mol. The summed E-state index contributed by atoms with van der Waals surface area (Å²) < 4.78 is 0.900. The summed E-state index contributed by atoms with van der Waals surface area (Å²) in [5, 5.41) is 0.594. The maximum absolute atomic E-state index is 12.4. The Bertz CT molecular complexity index is 601. The molecule has 0 bridgehead atoms. The molecule has 0 aliphatic rings. The quantitative estimate of drug-likeness (QED) is 0.885. The number of benzene rings is 2. The summed E-state index contributed by atoms with van der Waals surface area (Å²) in [7, 11) is 0. The topological polar surface area (TPSA) is 43.1 Å². The van der Waals surface area contributed by atoms with Crippen LogP contribution >= 0.6 is 27.5 Å². The lowest BCUT2D eigenvalue weighted by molar-refractivity contribution is -0.119. The van der Waals surface area contributed by atoms with E-state index in [1.54, 1.807) is 6.07 Å². The smallest absolute Gasteiger partial charge is 0.146 e. The van der Waals surface area contributed by atoms with Crippen molar-refractivity contribution in [2.24, 2.45) is 5.73 Å². The van der Waals surface area contributed by atoms with Crippen LogP contribution in [0.3, 0.4) is 0 Å². The number of carbonyl (C=O) groups excluding carboxylic acids is 1. The summed E-state index contributed by atoms with van der Waals surface area (Å²) in [6.07, 6.45) is 0.295. The van der Waals surface area contributed by atoms with Crippen molar-refractivity contribution in [2.45, 2.75) is 12.3 Å². The minimum absolute atomic E-state index is 0.0860. The molecule has 0 aromatic heterocycles. The summed E-state index contributed by atoms with van der Waals surface area (Å²) in [6.45, 7) is 0.303. The molecule has 0 radical (unpaired) electrons. The third-order valence-corrected chi connectivity index (χ3v) is 4.05. The summed E-state index contributed by atoms with van der Waals surface area (Å²) in [5.74, 6) is -0.196. The Kier molecular flexibility index (Phi) is 5.35. The number of hydrogen-bond acceptors (Lipinski definition) is 2. The first-order chi connectivity index (χ1) is 9.61. The Labute approximate surface area is 132 Å². The van der Waals surface area contributed by atoms with E-state index < -0.39 is 0 Å². The van der Waals surface area contributed by atoms with Crippen LogP contribution in [-0.4, -0.2) is 12.3 Å². The van der Waals surface area contributed by atoms with E-state index in [4.69, 9.17) is 17.3 Å². The largest absolute Gasteiger partial charge is 0.329 e. The third kappa shape index (κ3) is 3.69. The number of halogens is 2. The molecule has 104 valence electrons. The lowest BCUT2D eigenvalue weighted by Gasteiger charge is -2.14. The van der Waals surface area contributed by atoms with Crippen LogP contribution < -0.4 is 5.73 Å². The monoisotopic (exact) mass is 351 g/mol. The Morgan fingerprint density at radius 3 is 2.50 bits per heavy atom. The fourth-order valence-electron chi connectivity index (χ4n) is 2.11. The Morgan fingerprint density at radius 2 is 1.90 bits per heavy atom. The van der Waals surface area contributed by atoms with Gasteiger partial charge in [-0.25, -0.2) is 0 Å². The van der Waals surface area contributed by atoms with Gasteiger partial charge in [0.25, 0.3) is 0 Å². The molecule has 1 atom stereocenters. The van der Waals surface area contributed by atoms with Gasteiger partial charge in [0.2, 0.25) is 0 Å². The van der Waals surface area contributed by atoms with E-state index in [2.05, 4.69) is 15.9 Å². The first-order valence-corrected chi connectivity index (χ1v) is 7.50. The standard InChI is InChI=1S/C16H15BrClNO/c17-13-7-6-12(15(18)9-13)8-16(20)14(10-19)11-4-2-1-3-5-11/h1-7,9,14H,8,10,19H2. The molecule has 0 spiro atoms. The second kappa shape index (κ2) is 7.02. The highest BCUT2D eigenvalue weighted by atomic mass is 79.9. The molecule has 0 amide bonds. The van der Waals surface area contributed by atoms with Gasteiger partial charge in [0.1, 0.15) is 5.78 Å². The average Bonchev–Trinajstić information content (AvgIpc) is 2.44. The Hall–Kier alpha value is -1.16. The molecule has 4 heteroatoms. The van der Waals surface area contributed by atoms with E-state index in [0.29, 0.717) is 18.0 Å². The predicted octanol–water partition coefficient (Wildman–Crippen LogP) is 3.96. The van der Waals surface area contributed by atoms with Crippen molar-refractivity contribution in [3.63, 3.8) is 0 Å². The van der Waals surface area contributed by atoms with Crippen molar-refractivity contribution in [2.75, 3.05) is 6.54 Å². The molecule has 2 N–H and O–H groups in total. The highest BCUT2D eigenvalue weighted by Crippen LogP contribution is 2.24. The number of Topliss-reactive ketones (excluding diaryl/α,β-unsaturated/α-hetero) is 1. The zero-order chi connectivity index (χ0) is 14.5. The molecular formula is C16H15BrClNO. The first kappa shape index (κ1) is 15.2. The van der Waals surface area contributed by atoms with Crippen LogP contribution in [-0.2, 0) is 11.2 Å². The average molecular weight is 353 g/mol. The van der Waals surface area contributed by atoms with Gasteiger partial charge in [-0.2, -0.15) is 0 Å². The van der Waals surface area contributed by atoms with Gasteiger partial charge in [0.05, 0.1) is 5.92 Å². The lowest BCUT2D eigenvalue weighted by atomic mass is 9.91. The van der Waals surface area contributed by atoms with Gasteiger partial charge < -0.3 is 5.73 Å². The minimum atomic E-state index is -0.282. The molecule has 0 aliphatic carbocycles. The van der Waals surface area contributed by atoms with Crippen molar-refractivity contribution in [3.05, 3.63) is 69.2 Å². The van der Waals surface area contributed by atoms with Gasteiger partial charge in [-0.15, -0.1) is 0 Å². The summed E-state index contributed by atoms with van der Waals surface area (Å²) in [4.78, 5) is 12.4. The molecule has 0 heterocycles. The molecule has 0 aliphatic heterocycles. The van der Waals surface area contributed by atoms with E-state index in [1.165, 1.54) is 0 Å². The van der Waals surface area contributed by atoms with Crippen molar-refractivity contribution < 1.29 is 4.79 Å². The van der Waals surface area contributed by atoms with Gasteiger partial charge in [0.15, 0.2) is 0 Å². The van der Waals surface area contributed by atoms with Crippen LogP contribution in [0.1, 0.15) is 17.0 Å². The van der Waals surface area contributed by atoms with Crippen LogP contribution in [0.15, 0.2) is 53.0 Å². The summed E-state index contributed by atoms with van der Waals surface area (Å²) in [6, 6.07) is 15.2. The van der Waals surface area contributed by atoms with E-state index in [9.17, 15) is 4.79 Å². The van der Waals surface area contributed by atoms with Crippen molar-refractivity contribution >= 4 is 33.3 Å². The molecule has 0 saturated carbocycles. The number of hydrogen-bond donors (Lipinski definition) is 1. The summed E-state index contributed by atoms with van der Waals surface area (Å²) >= 11 is 9.51. The van der Waals surface area contributed by atoms with E-state index >= 15 is 0 Å². The fourth-order valence-corrected chi connectivity index (χ4v) is 2.85. The molecule has 2 nitrogen and oxygen atoms in total. The maximum Gasteiger partial charge on any atom is 0.146 e. The van der Waals surface area contributed by atoms with Gasteiger partial charge in [-0.3, -0.25) is 4.79 Å². The molecule has 20 heavy (non-hydrogen) atoms. The second-order valence-electron chi connectivity index (χ2n) is 4.58. The molecular weight excluding hydrogens is 338 g/mol. The van der Waals surface area contributed by atoms with Crippen LogP contribution in [0.25, 0.3) is 0 Å². The van der Waals surface area contributed by atoms with Crippen LogP contribution in [0.5, 0.6) is 0 Å². The number of nitrogens with two attached hydrogens (primary N) is 1. The SMILES string of the molecule is NCC(C(=O)Cc1ccc(Br)cc1Cl)c1ccccc1. The zero-order valence-electron chi connectivity index (χ0n) is 10.9. The Morgan fingerprint density at radius 1 is 1.20 bits per heavy atom. The first-order valence-electron chi connectivity index (χ1n) is 6.33. The maximum atomic E-state index is 12.4. The summed E-state index contributed by atoms with van der Waals surface area (Å²) in [5.41, 5.74) is 7.54. The van der Waals surface area contributed by atoms with Gasteiger partial charge in [-0.1, -0.05) is 63.9 Å². The highest BCUT2D eigenvalue weighted by Gasteiger charge is 2.19. The fraction of sp³-hybridized carbons (Fsp3) is 0.188. The molecule has 2 aromatic carbocycles. The molecule has 2 aromatic rings. The number of ketones is 1. The van der Waals surface area contributed by atoms with Crippen molar-refractivity contribution in [3.8, 4) is 0 Å². The minimum Gasteiger partial charge on any atom is -0.329 e. The third-order valence-electron chi connectivity index (χ3n) is 3.21. The second-order valence-corrected chi connectivity index (χ2v) is 5.90. The van der Waals surface area contributed by atoms with Crippen LogP contribution in [0.2, 0.25) is 5.02 Å². The van der Waals surface area contributed by atoms with Crippen molar-refractivity contribution in [1.29, 1.82) is 0 Å². The van der Waals surface area contributed by atoms with E-state index in [1.807, 2.05) is 42.5 Å². The zero-order valence-corrected chi connectivity index (χ0v) is 13.2. The van der Waals surface area contributed by atoms with Crippen molar-refractivity contribution in [1.82, 2.24) is 0 Å². The van der Waals surface area contributed by atoms with Crippen LogP contribution in [0, 0.1) is 0 Å². The molecule has 0 saturated heterocycles. The van der Waals surface area contributed by atoms with Gasteiger partial charge >= 0.3 is 0 Å². The van der Waals surface area contributed by atoms with Gasteiger partial charge in [-0.05, 0) is 23.3 Å². The van der Waals surface area contributed by atoms with E-state index in [-0.39, 0.29) is 11.7 Å². The molecule has 0 fully saturated rings. The highest BCUT2D eigenvalue weighted by molar-refractivity contribution is 9.10. The van der Waals surface area contributed by atoms with Gasteiger partial charge in [0, 0.05) is 22.5 Å². The lowest BCUT2D eigenvalue weighted by Crippen LogP contribution is -2.23. The Balaban J connectivity index is 2.18. The number of carbonyl (C=O) groups is 1. The number of rotatable bonds is 5. The normalized spacial score (nSPS) is 12.2. The molecule has 1 unspecified atom stereocenters. The van der Waals surface area contributed by atoms with E-state index in [0.717, 1.165) is 15.6 Å². The van der Waals surface area contributed by atoms with Crippen LogP contribution in [0.4, 0.5) is 0 Å².